The van der Waals surface area contributed by atoms with Gasteiger partial charge < -0.3 is 5.32 Å². The molecule has 6 aromatic rings. The number of aryl methyl sites for hydroxylation is 4. The number of hydrogen-bond acceptors (Lipinski definition) is 4. The second-order valence-corrected chi connectivity index (χ2v) is 15.0. The molecule has 0 radical (unpaired) electrons. The van der Waals surface area contributed by atoms with E-state index in [9.17, 15) is 9.59 Å². The number of carbonyl (C=O) groups excluding carboxylic acids is 2. The number of Topliss-reactive ketones (excluding diaryl/α,β-unsaturated/α-hetero) is 2. The first-order valence-corrected chi connectivity index (χ1v) is 19.0. The van der Waals surface area contributed by atoms with Crippen LogP contribution < -0.4 is 5.32 Å². The van der Waals surface area contributed by atoms with Gasteiger partial charge in [-0.2, -0.15) is 0 Å². The smallest absolute Gasteiger partial charge is 0.143 e. The van der Waals surface area contributed by atoms with Crippen molar-refractivity contribution in [2.24, 2.45) is 4.99 Å². The molecule has 0 spiro atoms. The van der Waals surface area contributed by atoms with Crippen molar-refractivity contribution >= 4 is 28.7 Å². The standard InChI is InChI=1S/C25H25NO.C25H23NO.2CH4/c2*1-17-11-22-15-23(27)16-25(26-24(22)12-18(17)2)21-10-6-9-20(14-21)13-19-7-4-3-5-8-19;;/h3-12,14,25-26H,13,15-16H2,1-2H3;3-12,14H,13,15-16H2,1-2H3;2*1H4. The Balaban J connectivity index is 0.000000207. The summed E-state index contributed by atoms with van der Waals surface area (Å²) in [4.78, 5) is 30.0. The molecule has 2 heterocycles. The van der Waals surface area contributed by atoms with Gasteiger partial charge in [0.25, 0.3) is 0 Å². The SMILES string of the molecule is C.C.Cc1cc2c(cc1C)N=C(c1cccc(Cc3ccccc3)c1)CC(=O)C2.Cc1cc2c(cc1C)NC(c1cccc(Cc3ccccc3)c1)CC(=O)C2. The lowest BCUT2D eigenvalue weighted by Crippen LogP contribution is -2.13. The largest absolute Gasteiger partial charge is 0.378 e. The predicted molar refractivity (Wildman–Crippen MR) is 236 cm³/mol. The number of hydrogen-bond donors (Lipinski definition) is 1. The molecule has 2 aliphatic rings. The molecule has 1 N–H and O–H groups in total. The molecule has 0 aromatic heterocycles. The molecule has 0 saturated carbocycles. The quantitative estimate of drug-likeness (QED) is 0.185. The average Bonchev–Trinajstić information content (AvgIpc) is 3.43. The molecular weight excluding hydrogens is 685 g/mol. The first-order valence-electron chi connectivity index (χ1n) is 19.0. The number of benzene rings is 6. The van der Waals surface area contributed by atoms with E-state index in [1.165, 1.54) is 50.1 Å². The lowest BCUT2D eigenvalue weighted by molar-refractivity contribution is -0.119. The van der Waals surface area contributed by atoms with Crippen molar-refractivity contribution in [2.45, 2.75) is 87.1 Å². The van der Waals surface area contributed by atoms with Crippen LogP contribution in [0.4, 0.5) is 11.4 Å². The summed E-state index contributed by atoms with van der Waals surface area (Å²) in [5.74, 6) is 0.521. The first-order chi connectivity index (χ1) is 26.2. The molecule has 4 nitrogen and oxygen atoms in total. The predicted octanol–water partition coefficient (Wildman–Crippen LogP) is 12.4. The zero-order valence-corrected chi connectivity index (χ0v) is 31.8. The van der Waals surface area contributed by atoms with Crippen LogP contribution in [0.3, 0.4) is 0 Å². The van der Waals surface area contributed by atoms with E-state index in [-0.39, 0.29) is 26.7 Å². The van der Waals surface area contributed by atoms with Gasteiger partial charge in [0.2, 0.25) is 0 Å². The van der Waals surface area contributed by atoms with Gasteiger partial charge in [0.05, 0.1) is 17.4 Å². The Kier molecular flexibility index (Phi) is 13.7. The van der Waals surface area contributed by atoms with E-state index in [0.29, 0.717) is 31.5 Å². The summed E-state index contributed by atoms with van der Waals surface area (Å²) in [5, 5.41) is 3.64. The number of fused-ring (bicyclic) bond motifs is 2. The van der Waals surface area contributed by atoms with Gasteiger partial charge in [0.1, 0.15) is 11.6 Å². The molecule has 0 fully saturated rings. The average molecular weight is 741 g/mol. The van der Waals surface area contributed by atoms with Crippen molar-refractivity contribution in [2.75, 3.05) is 5.32 Å². The first kappa shape index (κ1) is 41.3. The van der Waals surface area contributed by atoms with Crippen molar-refractivity contribution < 1.29 is 9.59 Å². The van der Waals surface area contributed by atoms with Gasteiger partial charge >= 0.3 is 0 Å². The summed E-state index contributed by atoms with van der Waals surface area (Å²) >= 11 is 0. The normalized spacial score (nSPS) is 14.5. The Hall–Kier alpha value is -5.87. The fraction of sp³-hybridized carbons (Fsp3) is 0.250. The van der Waals surface area contributed by atoms with Crippen molar-refractivity contribution in [3.63, 3.8) is 0 Å². The van der Waals surface area contributed by atoms with E-state index >= 15 is 0 Å². The van der Waals surface area contributed by atoms with Crippen LogP contribution >= 0.6 is 0 Å². The summed E-state index contributed by atoms with van der Waals surface area (Å²) in [7, 11) is 0. The fourth-order valence-corrected chi connectivity index (χ4v) is 7.47. The van der Waals surface area contributed by atoms with Crippen LogP contribution in [0.5, 0.6) is 0 Å². The highest BCUT2D eigenvalue weighted by molar-refractivity contribution is 6.13. The molecule has 56 heavy (non-hydrogen) atoms. The lowest BCUT2D eigenvalue weighted by Gasteiger charge is -2.20. The maximum Gasteiger partial charge on any atom is 0.143 e. The van der Waals surface area contributed by atoms with E-state index in [1.54, 1.807) is 0 Å². The number of nitrogens with zero attached hydrogens (tertiary/aromatic N) is 1. The summed E-state index contributed by atoms with van der Waals surface area (Å²) < 4.78 is 0. The van der Waals surface area contributed by atoms with Crippen molar-refractivity contribution in [3.05, 3.63) is 200 Å². The highest BCUT2D eigenvalue weighted by Gasteiger charge is 2.23. The Labute approximate surface area is 334 Å². The summed E-state index contributed by atoms with van der Waals surface area (Å²) in [6, 6.07) is 46.6. The molecule has 286 valence electrons. The van der Waals surface area contributed by atoms with Gasteiger partial charge in [-0.15, -0.1) is 0 Å². The van der Waals surface area contributed by atoms with Crippen molar-refractivity contribution in [1.82, 2.24) is 0 Å². The Morgan fingerprint density at radius 3 is 1.73 bits per heavy atom. The third-order valence-electron chi connectivity index (χ3n) is 10.7. The van der Waals surface area contributed by atoms with Gasteiger partial charge in [-0.05, 0) is 125 Å². The van der Waals surface area contributed by atoms with Gasteiger partial charge in [-0.25, -0.2) is 0 Å². The zero-order chi connectivity index (χ0) is 37.6. The maximum absolute atomic E-state index is 12.6. The number of ketones is 2. The molecular formula is C52H56N2O2. The minimum atomic E-state index is 0. The van der Waals surface area contributed by atoms with Gasteiger partial charge in [-0.1, -0.05) is 130 Å². The molecule has 6 aromatic carbocycles. The van der Waals surface area contributed by atoms with Gasteiger partial charge in [-0.3, -0.25) is 14.6 Å². The topological polar surface area (TPSA) is 58.5 Å². The monoisotopic (exact) mass is 740 g/mol. The third-order valence-corrected chi connectivity index (χ3v) is 10.7. The molecule has 2 aliphatic heterocycles. The van der Waals surface area contributed by atoms with Crippen LogP contribution in [0.25, 0.3) is 0 Å². The molecule has 0 aliphatic carbocycles. The molecule has 8 rings (SSSR count). The van der Waals surface area contributed by atoms with Crippen LogP contribution in [0.1, 0.15) is 100 Å². The molecule has 1 unspecified atom stereocenters. The zero-order valence-electron chi connectivity index (χ0n) is 31.8. The van der Waals surface area contributed by atoms with Crippen LogP contribution in [-0.2, 0) is 35.3 Å². The van der Waals surface area contributed by atoms with Crippen LogP contribution in [0, 0.1) is 27.7 Å². The molecule has 1 atom stereocenters. The number of rotatable bonds is 6. The highest BCUT2D eigenvalue weighted by Crippen LogP contribution is 2.33. The Morgan fingerprint density at radius 2 is 1.07 bits per heavy atom. The van der Waals surface area contributed by atoms with E-state index in [2.05, 4.69) is 154 Å². The summed E-state index contributed by atoms with van der Waals surface area (Å²) in [6.45, 7) is 8.41. The molecule has 0 bridgehead atoms. The molecule has 0 amide bonds. The number of nitrogens with one attached hydrogen (secondary N) is 1. The van der Waals surface area contributed by atoms with Crippen LogP contribution in [0.15, 0.2) is 138 Å². The second kappa shape index (κ2) is 18.6. The van der Waals surface area contributed by atoms with Crippen LogP contribution in [-0.4, -0.2) is 17.3 Å². The fourth-order valence-electron chi connectivity index (χ4n) is 7.47. The molecule has 0 saturated heterocycles. The molecule has 4 heteroatoms. The number of aliphatic imine (C=N–C) groups is 1. The van der Waals surface area contributed by atoms with E-state index in [0.717, 1.165) is 46.6 Å². The van der Waals surface area contributed by atoms with Crippen molar-refractivity contribution in [1.29, 1.82) is 0 Å². The van der Waals surface area contributed by atoms with Gasteiger partial charge in [0, 0.05) is 31.4 Å². The second-order valence-electron chi connectivity index (χ2n) is 15.0. The van der Waals surface area contributed by atoms with Gasteiger partial charge in [0.15, 0.2) is 0 Å². The Bertz CT molecular complexity index is 2340. The lowest BCUT2D eigenvalue weighted by atomic mass is 9.96. The summed E-state index contributed by atoms with van der Waals surface area (Å²) in [5.41, 5.74) is 17.3. The van der Waals surface area contributed by atoms with E-state index < -0.39 is 0 Å². The number of anilines is 1. The maximum atomic E-state index is 12.6. The van der Waals surface area contributed by atoms with E-state index in [1.807, 2.05) is 12.1 Å². The number of carbonyl (C=O) groups is 2. The minimum absolute atomic E-state index is 0. The third kappa shape index (κ3) is 10.2. The van der Waals surface area contributed by atoms with Crippen molar-refractivity contribution in [3.8, 4) is 0 Å². The van der Waals surface area contributed by atoms with Crippen LogP contribution in [0.2, 0.25) is 0 Å². The Morgan fingerprint density at radius 1 is 0.536 bits per heavy atom. The highest BCUT2D eigenvalue weighted by atomic mass is 16.1. The minimum Gasteiger partial charge on any atom is -0.378 e. The van der Waals surface area contributed by atoms with E-state index in [4.69, 9.17) is 4.99 Å². The summed E-state index contributed by atoms with van der Waals surface area (Å²) in [6.07, 6.45) is 3.69.